The van der Waals surface area contributed by atoms with Crippen molar-refractivity contribution in [3.63, 3.8) is 0 Å². The Morgan fingerprint density at radius 3 is 2.89 bits per heavy atom. The number of piperazine rings is 1. The molecule has 18 heavy (non-hydrogen) atoms. The molecule has 1 unspecified atom stereocenters. The van der Waals surface area contributed by atoms with Gasteiger partial charge in [-0.25, -0.2) is 0 Å². The number of hydrogen-bond acceptors (Lipinski definition) is 4. The molecule has 0 aromatic heterocycles. The Bertz CT molecular complexity index is 410. The van der Waals surface area contributed by atoms with Gasteiger partial charge in [-0.05, 0) is 54.9 Å². The minimum Gasteiger partial charge on any atom is -0.397 e. The van der Waals surface area contributed by atoms with E-state index in [1.54, 1.807) is 0 Å². The van der Waals surface area contributed by atoms with Crippen LogP contribution in [0.4, 0.5) is 11.4 Å². The molecule has 1 heterocycles. The zero-order valence-corrected chi connectivity index (χ0v) is 13.1. The molecule has 0 radical (unpaired) electrons. The number of halogens is 1. The Hall–Kier alpha value is -0.530. The van der Waals surface area contributed by atoms with Crippen molar-refractivity contribution in [2.75, 3.05) is 51.3 Å². The second-order valence-corrected chi connectivity index (χ2v) is 6.25. The van der Waals surface area contributed by atoms with Gasteiger partial charge >= 0.3 is 0 Å². The van der Waals surface area contributed by atoms with Gasteiger partial charge in [-0.15, -0.1) is 0 Å². The van der Waals surface area contributed by atoms with Crippen LogP contribution < -0.4 is 11.1 Å². The van der Waals surface area contributed by atoms with E-state index in [1.165, 1.54) is 3.57 Å². The Balaban J connectivity index is 1.94. The fraction of sp³-hybridized carbons (Fsp3) is 0.538. The van der Waals surface area contributed by atoms with Gasteiger partial charge in [0.1, 0.15) is 0 Å². The third-order valence-electron chi connectivity index (χ3n) is 3.52. The van der Waals surface area contributed by atoms with Crippen LogP contribution >= 0.6 is 22.6 Å². The molecule has 0 aliphatic carbocycles. The maximum absolute atomic E-state index is 6.01. The van der Waals surface area contributed by atoms with Crippen LogP contribution in [0, 0.1) is 3.57 Å². The van der Waals surface area contributed by atoms with E-state index in [9.17, 15) is 0 Å². The average Bonchev–Trinajstić information content (AvgIpc) is 2.32. The van der Waals surface area contributed by atoms with Crippen LogP contribution in [-0.2, 0) is 0 Å². The van der Waals surface area contributed by atoms with Crippen LogP contribution in [0.1, 0.15) is 0 Å². The molecular formula is C13H21IN4. The molecule has 0 spiro atoms. The molecule has 0 amide bonds. The highest BCUT2D eigenvalue weighted by Gasteiger charge is 2.21. The SMILES string of the molecule is CN1CCN(C)C(CNc2ccc(I)cc2N)C1. The molecule has 1 saturated heterocycles. The zero-order chi connectivity index (χ0) is 13.1. The topological polar surface area (TPSA) is 44.5 Å². The number of nitrogens with zero attached hydrogens (tertiary/aromatic N) is 2. The first kappa shape index (κ1) is 13.9. The molecule has 1 atom stereocenters. The summed E-state index contributed by atoms with van der Waals surface area (Å²) < 4.78 is 1.17. The van der Waals surface area contributed by atoms with E-state index >= 15 is 0 Å². The summed E-state index contributed by atoms with van der Waals surface area (Å²) >= 11 is 2.28. The quantitative estimate of drug-likeness (QED) is 0.634. The molecule has 0 bridgehead atoms. The van der Waals surface area contributed by atoms with E-state index in [4.69, 9.17) is 5.73 Å². The summed E-state index contributed by atoms with van der Waals surface area (Å²) in [5.74, 6) is 0. The molecule has 1 aliphatic heterocycles. The molecular weight excluding hydrogens is 339 g/mol. The molecule has 1 aromatic rings. The van der Waals surface area contributed by atoms with E-state index in [0.29, 0.717) is 6.04 Å². The van der Waals surface area contributed by atoms with Gasteiger partial charge in [0.15, 0.2) is 0 Å². The summed E-state index contributed by atoms with van der Waals surface area (Å²) in [5, 5.41) is 3.46. The molecule has 4 nitrogen and oxygen atoms in total. The summed E-state index contributed by atoms with van der Waals surface area (Å²) in [6.07, 6.45) is 0. The van der Waals surface area contributed by atoms with Gasteiger partial charge in [0.05, 0.1) is 11.4 Å². The molecule has 2 rings (SSSR count). The van der Waals surface area contributed by atoms with Gasteiger partial charge in [-0.3, -0.25) is 4.90 Å². The largest absolute Gasteiger partial charge is 0.397 e. The number of likely N-dealkylation sites (N-methyl/N-ethyl adjacent to an activating group) is 2. The van der Waals surface area contributed by atoms with E-state index in [1.807, 2.05) is 6.07 Å². The zero-order valence-electron chi connectivity index (χ0n) is 11.0. The minimum atomic E-state index is 0.544. The molecule has 1 aliphatic rings. The van der Waals surface area contributed by atoms with Crippen LogP contribution in [0.3, 0.4) is 0 Å². The van der Waals surface area contributed by atoms with Gasteiger partial charge < -0.3 is 16.0 Å². The van der Waals surface area contributed by atoms with Crippen molar-refractivity contribution in [1.29, 1.82) is 0 Å². The fourth-order valence-corrected chi connectivity index (χ4v) is 2.76. The third kappa shape index (κ3) is 3.49. The number of nitrogens with two attached hydrogens (primary N) is 1. The first-order chi connectivity index (χ1) is 8.56. The number of nitrogens with one attached hydrogen (secondary N) is 1. The first-order valence-corrected chi connectivity index (χ1v) is 7.32. The predicted molar refractivity (Wildman–Crippen MR) is 86.0 cm³/mol. The number of benzene rings is 1. The van der Waals surface area contributed by atoms with Gasteiger partial charge in [0.25, 0.3) is 0 Å². The molecule has 3 N–H and O–H groups in total. The third-order valence-corrected chi connectivity index (χ3v) is 4.19. The number of anilines is 2. The summed E-state index contributed by atoms with van der Waals surface area (Å²) in [7, 11) is 4.37. The van der Waals surface area contributed by atoms with Crippen LogP contribution in [0.25, 0.3) is 0 Å². The van der Waals surface area contributed by atoms with Crippen molar-refractivity contribution in [3.05, 3.63) is 21.8 Å². The van der Waals surface area contributed by atoms with Gasteiger partial charge in [0.2, 0.25) is 0 Å². The van der Waals surface area contributed by atoms with Crippen molar-refractivity contribution in [1.82, 2.24) is 9.80 Å². The lowest BCUT2D eigenvalue weighted by atomic mass is 10.1. The highest BCUT2D eigenvalue weighted by Crippen LogP contribution is 2.21. The standard InChI is InChI=1S/C13H21IN4/c1-17-5-6-18(2)11(9-17)8-16-13-4-3-10(14)7-12(13)15/h3-4,7,11,16H,5-6,8-9,15H2,1-2H3. The fourth-order valence-electron chi connectivity index (χ4n) is 2.24. The Kier molecular flexibility index (Phi) is 4.69. The molecule has 0 saturated carbocycles. The Morgan fingerprint density at radius 1 is 1.39 bits per heavy atom. The number of nitrogen functional groups attached to an aromatic ring is 1. The predicted octanol–water partition coefficient (Wildman–Crippen LogP) is 1.53. The van der Waals surface area contributed by atoms with E-state index < -0.39 is 0 Å². The first-order valence-electron chi connectivity index (χ1n) is 6.24. The number of hydrogen-bond donors (Lipinski definition) is 2. The van der Waals surface area contributed by atoms with Crippen LogP contribution in [-0.4, -0.2) is 56.1 Å². The Labute approximate surface area is 123 Å². The van der Waals surface area contributed by atoms with Gasteiger partial charge in [0, 0.05) is 35.8 Å². The summed E-state index contributed by atoms with van der Waals surface area (Å²) in [4.78, 5) is 4.79. The molecule has 100 valence electrons. The second-order valence-electron chi connectivity index (χ2n) is 5.01. The molecule has 5 heteroatoms. The van der Waals surface area contributed by atoms with Crippen molar-refractivity contribution in [3.8, 4) is 0 Å². The van der Waals surface area contributed by atoms with Crippen LogP contribution in [0.15, 0.2) is 18.2 Å². The van der Waals surface area contributed by atoms with Crippen LogP contribution in [0.5, 0.6) is 0 Å². The van der Waals surface area contributed by atoms with Crippen molar-refractivity contribution >= 4 is 34.0 Å². The van der Waals surface area contributed by atoms with E-state index in [0.717, 1.165) is 37.6 Å². The lowest BCUT2D eigenvalue weighted by molar-refractivity contribution is 0.122. The van der Waals surface area contributed by atoms with Gasteiger partial charge in [-0.2, -0.15) is 0 Å². The average molecular weight is 360 g/mol. The smallest absolute Gasteiger partial charge is 0.0575 e. The molecule has 1 aromatic carbocycles. The van der Waals surface area contributed by atoms with Crippen molar-refractivity contribution < 1.29 is 0 Å². The summed E-state index contributed by atoms with van der Waals surface area (Å²) in [6.45, 7) is 4.32. The lowest BCUT2D eigenvalue weighted by Crippen LogP contribution is -2.52. The lowest BCUT2D eigenvalue weighted by Gasteiger charge is -2.38. The monoisotopic (exact) mass is 360 g/mol. The van der Waals surface area contributed by atoms with Crippen molar-refractivity contribution in [2.24, 2.45) is 0 Å². The maximum atomic E-state index is 6.01. The highest BCUT2D eigenvalue weighted by molar-refractivity contribution is 14.1. The molecule has 1 fully saturated rings. The summed E-state index contributed by atoms with van der Waals surface area (Å²) in [5.41, 5.74) is 7.87. The normalized spacial score (nSPS) is 22.1. The van der Waals surface area contributed by atoms with E-state index in [-0.39, 0.29) is 0 Å². The summed E-state index contributed by atoms with van der Waals surface area (Å²) in [6, 6.07) is 6.68. The Morgan fingerprint density at radius 2 is 2.17 bits per heavy atom. The maximum Gasteiger partial charge on any atom is 0.0575 e. The van der Waals surface area contributed by atoms with E-state index in [2.05, 4.69) is 63.9 Å². The van der Waals surface area contributed by atoms with Crippen molar-refractivity contribution in [2.45, 2.75) is 6.04 Å². The minimum absolute atomic E-state index is 0.544. The highest BCUT2D eigenvalue weighted by atomic mass is 127. The van der Waals surface area contributed by atoms with Crippen LogP contribution in [0.2, 0.25) is 0 Å². The van der Waals surface area contributed by atoms with Gasteiger partial charge in [-0.1, -0.05) is 0 Å². The second kappa shape index (κ2) is 6.08. The number of rotatable bonds is 3.